The second kappa shape index (κ2) is 9.44. The Balaban J connectivity index is 1.70. The maximum absolute atomic E-state index is 12.1. The van der Waals surface area contributed by atoms with Gasteiger partial charge in [-0.15, -0.1) is 0 Å². The standard InChI is InChI=1S/C18H24N6O2/c1-12(9-17(25)22-13-5-3-6-14(10-13)26-2)21-8-4-7-16-15(11-19)18(20)24-23-16/h3,5-6,10,12,21H,4,7-9H2,1-2H3,(H,22,25)(H3,20,23,24)/t12-/m0/s1. The number of aromatic amines is 1. The van der Waals surface area contributed by atoms with Gasteiger partial charge in [0.2, 0.25) is 5.91 Å². The van der Waals surface area contributed by atoms with Gasteiger partial charge in [-0.2, -0.15) is 10.4 Å². The van der Waals surface area contributed by atoms with E-state index in [4.69, 9.17) is 15.7 Å². The second-order valence-electron chi connectivity index (χ2n) is 6.02. The Morgan fingerprint density at radius 1 is 1.50 bits per heavy atom. The van der Waals surface area contributed by atoms with Crippen molar-refractivity contribution in [3.63, 3.8) is 0 Å². The number of ether oxygens (including phenoxy) is 1. The zero-order chi connectivity index (χ0) is 18.9. The van der Waals surface area contributed by atoms with Gasteiger partial charge in [0.25, 0.3) is 0 Å². The summed E-state index contributed by atoms with van der Waals surface area (Å²) in [7, 11) is 1.59. The topological polar surface area (TPSA) is 129 Å². The van der Waals surface area contributed by atoms with Gasteiger partial charge in [0, 0.05) is 24.2 Å². The fourth-order valence-electron chi connectivity index (χ4n) is 2.58. The normalized spacial score (nSPS) is 11.6. The number of anilines is 2. The van der Waals surface area contributed by atoms with Crippen LogP contribution in [-0.4, -0.2) is 35.8 Å². The quantitative estimate of drug-likeness (QED) is 0.507. The van der Waals surface area contributed by atoms with Gasteiger partial charge in [0.05, 0.1) is 12.8 Å². The van der Waals surface area contributed by atoms with Crippen LogP contribution in [0.5, 0.6) is 5.75 Å². The molecule has 1 aromatic carbocycles. The van der Waals surface area contributed by atoms with Gasteiger partial charge in [-0.1, -0.05) is 6.07 Å². The van der Waals surface area contributed by atoms with E-state index >= 15 is 0 Å². The van der Waals surface area contributed by atoms with Crippen molar-refractivity contribution in [1.29, 1.82) is 5.26 Å². The minimum Gasteiger partial charge on any atom is -0.497 e. The van der Waals surface area contributed by atoms with E-state index in [-0.39, 0.29) is 17.8 Å². The molecule has 0 saturated carbocycles. The molecule has 0 bridgehead atoms. The number of nitrogens with zero attached hydrogens (tertiary/aromatic N) is 2. The summed E-state index contributed by atoms with van der Waals surface area (Å²) in [5.41, 5.74) is 7.48. The van der Waals surface area contributed by atoms with Crippen molar-refractivity contribution >= 4 is 17.4 Å². The van der Waals surface area contributed by atoms with Gasteiger partial charge < -0.3 is 21.1 Å². The molecule has 0 aliphatic rings. The number of methoxy groups -OCH3 is 1. The van der Waals surface area contributed by atoms with Gasteiger partial charge in [0.15, 0.2) is 5.82 Å². The largest absolute Gasteiger partial charge is 0.497 e. The van der Waals surface area contributed by atoms with Gasteiger partial charge in [0.1, 0.15) is 17.4 Å². The zero-order valence-corrected chi connectivity index (χ0v) is 15.0. The van der Waals surface area contributed by atoms with Crippen molar-refractivity contribution in [3.8, 4) is 11.8 Å². The first-order valence-corrected chi connectivity index (χ1v) is 8.43. The molecule has 0 spiro atoms. The van der Waals surface area contributed by atoms with E-state index < -0.39 is 0 Å². The lowest BCUT2D eigenvalue weighted by atomic mass is 10.1. The molecular weight excluding hydrogens is 332 g/mol. The number of nitrogens with two attached hydrogens (primary N) is 1. The predicted octanol–water partition coefficient (Wildman–Crippen LogP) is 1.81. The molecule has 8 nitrogen and oxygen atoms in total. The van der Waals surface area contributed by atoms with E-state index in [9.17, 15) is 4.79 Å². The van der Waals surface area contributed by atoms with Crippen molar-refractivity contribution < 1.29 is 9.53 Å². The SMILES string of the molecule is COc1cccc(NC(=O)C[C@H](C)NCCCc2[nH]nc(N)c2C#N)c1. The third-order valence-electron chi connectivity index (χ3n) is 3.92. The number of nitrogen functional groups attached to an aromatic ring is 1. The molecule has 1 aromatic heterocycles. The summed E-state index contributed by atoms with van der Waals surface area (Å²) in [4.78, 5) is 12.1. The molecule has 0 aliphatic carbocycles. The third kappa shape index (κ3) is 5.50. The number of hydrogen-bond donors (Lipinski definition) is 4. The second-order valence-corrected chi connectivity index (χ2v) is 6.02. The third-order valence-corrected chi connectivity index (χ3v) is 3.92. The van der Waals surface area contributed by atoms with Gasteiger partial charge in [-0.3, -0.25) is 9.89 Å². The van der Waals surface area contributed by atoms with Crippen molar-refractivity contribution in [1.82, 2.24) is 15.5 Å². The average Bonchev–Trinajstić information content (AvgIpc) is 2.98. The van der Waals surface area contributed by atoms with Crippen molar-refractivity contribution in [2.45, 2.75) is 32.2 Å². The van der Waals surface area contributed by atoms with Crippen LogP contribution in [0.1, 0.15) is 31.0 Å². The molecule has 138 valence electrons. The minimum atomic E-state index is -0.0636. The predicted molar refractivity (Wildman–Crippen MR) is 99.7 cm³/mol. The highest BCUT2D eigenvalue weighted by atomic mass is 16.5. The van der Waals surface area contributed by atoms with Crippen LogP contribution < -0.4 is 21.1 Å². The molecule has 5 N–H and O–H groups in total. The number of carbonyl (C=O) groups excluding carboxylic acids is 1. The molecule has 0 unspecified atom stereocenters. The number of aromatic nitrogens is 2. The van der Waals surface area contributed by atoms with E-state index in [1.54, 1.807) is 13.2 Å². The molecule has 1 atom stereocenters. The summed E-state index contributed by atoms with van der Waals surface area (Å²) in [5.74, 6) is 0.870. The monoisotopic (exact) mass is 356 g/mol. The number of carbonyl (C=O) groups is 1. The Morgan fingerprint density at radius 3 is 3.04 bits per heavy atom. The Kier molecular flexibility index (Phi) is 7.00. The maximum Gasteiger partial charge on any atom is 0.225 e. The molecule has 0 aliphatic heterocycles. The fraction of sp³-hybridized carbons (Fsp3) is 0.389. The summed E-state index contributed by atoms with van der Waals surface area (Å²) in [6.07, 6.45) is 1.83. The molecule has 1 heterocycles. The van der Waals surface area contributed by atoms with Crippen LogP contribution in [0.3, 0.4) is 0 Å². The van der Waals surface area contributed by atoms with E-state index in [1.807, 2.05) is 31.2 Å². The number of H-pyrrole nitrogens is 1. The van der Waals surface area contributed by atoms with Gasteiger partial charge >= 0.3 is 0 Å². The first-order chi connectivity index (χ1) is 12.5. The van der Waals surface area contributed by atoms with E-state index in [1.165, 1.54) is 0 Å². The van der Waals surface area contributed by atoms with E-state index in [0.717, 1.165) is 18.7 Å². The van der Waals surface area contributed by atoms with Crippen molar-refractivity contribution in [2.24, 2.45) is 0 Å². The van der Waals surface area contributed by atoms with Gasteiger partial charge in [-0.05, 0) is 38.4 Å². The summed E-state index contributed by atoms with van der Waals surface area (Å²) >= 11 is 0. The average molecular weight is 356 g/mol. The fourth-order valence-corrected chi connectivity index (χ4v) is 2.58. The first kappa shape index (κ1) is 19.3. The van der Waals surface area contributed by atoms with Crippen LogP contribution in [0.2, 0.25) is 0 Å². The summed E-state index contributed by atoms with van der Waals surface area (Å²) in [5, 5.41) is 21.8. The van der Waals surface area contributed by atoms with Crippen LogP contribution in [0, 0.1) is 11.3 Å². The lowest BCUT2D eigenvalue weighted by Gasteiger charge is -2.14. The smallest absolute Gasteiger partial charge is 0.225 e. The van der Waals surface area contributed by atoms with Crippen molar-refractivity contribution in [2.75, 3.05) is 24.7 Å². The number of nitriles is 1. The number of nitrogens with one attached hydrogen (secondary N) is 3. The first-order valence-electron chi connectivity index (χ1n) is 8.43. The Hall–Kier alpha value is -3.05. The maximum atomic E-state index is 12.1. The number of rotatable bonds is 9. The Bertz CT molecular complexity index is 780. The van der Waals surface area contributed by atoms with Crippen molar-refractivity contribution in [3.05, 3.63) is 35.5 Å². The van der Waals surface area contributed by atoms with Crippen LogP contribution >= 0.6 is 0 Å². The van der Waals surface area contributed by atoms with Crippen LogP contribution in [-0.2, 0) is 11.2 Å². The Morgan fingerprint density at radius 2 is 2.31 bits per heavy atom. The lowest BCUT2D eigenvalue weighted by molar-refractivity contribution is -0.116. The number of hydrogen-bond acceptors (Lipinski definition) is 6. The van der Waals surface area contributed by atoms with Crippen LogP contribution in [0.15, 0.2) is 24.3 Å². The molecule has 2 aromatic rings. The number of amides is 1. The molecule has 0 fully saturated rings. The Labute approximate surface area is 152 Å². The molecule has 26 heavy (non-hydrogen) atoms. The zero-order valence-electron chi connectivity index (χ0n) is 15.0. The van der Waals surface area contributed by atoms with Crippen LogP contribution in [0.25, 0.3) is 0 Å². The highest BCUT2D eigenvalue weighted by Crippen LogP contribution is 2.17. The molecular formula is C18H24N6O2. The number of benzene rings is 1. The molecule has 2 rings (SSSR count). The molecule has 8 heteroatoms. The highest BCUT2D eigenvalue weighted by molar-refractivity contribution is 5.91. The highest BCUT2D eigenvalue weighted by Gasteiger charge is 2.11. The number of aryl methyl sites for hydroxylation is 1. The summed E-state index contributed by atoms with van der Waals surface area (Å²) in [6.45, 7) is 2.68. The lowest BCUT2D eigenvalue weighted by Crippen LogP contribution is -2.31. The van der Waals surface area contributed by atoms with E-state index in [0.29, 0.717) is 29.8 Å². The van der Waals surface area contributed by atoms with Crippen LogP contribution in [0.4, 0.5) is 11.5 Å². The summed E-state index contributed by atoms with van der Waals surface area (Å²) < 4.78 is 5.14. The van der Waals surface area contributed by atoms with Gasteiger partial charge in [-0.25, -0.2) is 0 Å². The molecule has 0 saturated heterocycles. The molecule has 0 radical (unpaired) electrons. The molecule has 1 amide bonds. The minimum absolute atomic E-state index is 0.0304. The summed E-state index contributed by atoms with van der Waals surface area (Å²) in [6, 6.07) is 9.33. The van der Waals surface area contributed by atoms with E-state index in [2.05, 4.69) is 20.8 Å².